The van der Waals surface area contributed by atoms with Crippen LogP contribution in [0.3, 0.4) is 0 Å². The van der Waals surface area contributed by atoms with Crippen LogP contribution < -0.4 is 16.0 Å². The van der Waals surface area contributed by atoms with E-state index >= 15 is 0 Å². The summed E-state index contributed by atoms with van der Waals surface area (Å²) in [4.78, 5) is 16.9. The molecule has 0 aliphatic rings. The van der Waals surface area contributed by atoms with Gasteiger partial charge in [0, 0.05) is 13.6 Å². The van der Waals surface area contributed by atoms with E-state index in [-0.39, 0.29) is 6.54 Å². The van der Waals surface area contributed by atoms with Gasteiger partial charge >= 0.3 is 0 Å². The summed E-state index contributed by atoms with van der Waals surface area (Å²) in [5.41, 5.74) is 5.16. The van der Waals surface area contributed by atoms with E-state index in [0.717, 1.165) is 0 Å². The van der Waals surface area contributed by atoms with Gasteiger partial charge in [0.15, 0.2) is 0 Å². The first-order valence-electron chi connectivity index (χ1n) is 5.06. The first-order chi connectivity index (χ1) is 7.99. The fraction of sp³-hybridized carbons (Fsp3) is 0.400. The van der Waals surface area contributed by atoms with E-state index in [2.05, 4.69) is 10.3 Å². The van der Waals surface area contributed by atoms with Crippen molar-refractivity contribution in [2.24, 2.45) is 5.73 Å². The third kappa shape index (κ3) is 3.38. The number of hydrogen-bond donors (Lipinski definition) is 2. The van der Waals surface area contributed by atoms with Crippen molar-refractivity contribution in [2.45, 2.75) is 6.92 Å². The largest absolute Gasteiger partial charge is 0.372 e. The second-order valence-electron chi connectivity index (χ2n) is 3.35. The Labute approximate surface area is 110 Å². The van der Waals surface area contributed by atoms with Crippen molar-refractivity contribution in [2.75, 3.05) is 30.4 Å². The summed E-state index contributed by atoms with van der Waals surface area (Å²) in [7, 11) is 1.70. The molecule has 17 heavy (non-hydrogen) atoms. The molecule has 3 N–H and O–H groups in total. The van der Waals surface area contributed by atoms with Crippen LogP contribution in [0.2, 0.25) is 10.0 Å². The molecule has 1 rings (SSSR count). The summed E-state index contributed by atoms with van der Waals surface area (Å²) in [5.74, 6) is 0.557. The van der Waals surface area contributed by atoms with Crippen molar-refractivity contribution < 1.29 is 4.79 Å². The molecule has 1 amide bonds. The number of nitrogens with one attached hydrogen (secondary N) is 1. The molecule has 0 saturated heterocycles. The number of primary amides is 1. The number of nitrogens with two attached hydrogens (primary N) is 1. The molecule has 5 nitrogen and oxygen atoms in total. The normalized spacial score (nSPS) is 10.1. The minimum Gasteiger partial charge on any atom is -0.372 e. The minimum absolute atomic E-state index is 0.0635. The number of anilines is 2. The van der Waals surface area contributed by atoms with Crippen LogP contribution in [0, 0.1) is 0 Å². The molecule has 94 valence electrons. The van der Waals surface area contributed by atoms with Gasteiger partial charge in [-0.25, -0.2) is 4.98 Å². The standard InChI is InChI=1S/C10H14Cl2N4O/c1-3-16(5-8(13)17)10-7(12)4-6(11)9(14-2)15-10/h4H,3,5H2,1-2H3,(H2,13,17)(H,14,15). The van der Waals surface area contributed by atoms with Gasteiger partial charge < -0.3 is 16.0 Å². The third-order valence-electron chi connectivity index (χ3n) is 2.18. The molecule has 1 aromatic rings. The molecule has 0 saturated carbocycles. The maximum Gasteiger partial charge on any atom is 0.236 e. The molecule has 0 atom stereocenters. The van der Waals surface area contributed by atoms with Gasteiger partial charge in [-0.2, -0.15) is 0 Å². The van der Waals surface area contributed by atoms with E-state index in [1.807, 2.05) is 6.92 Å². The van der Waals surface area contributed by atoms with Gasteiger partial charge in [-0.1, -0.05) is 23.2 Å². The highest BCUT2D eigenvalue weighted by atomic mass is 35.5. The van der Waals surface area contributed by atoms with Crippen LogP contribution in [0.25, 0.3) is 0 Å². The Hall–Kier alpha value is -1.20. The summed E-state index contributed by atoms with van der Waals surface area (Å²) in [6.07, 6.45) is 0. The maximum absolute atomic E-state index is 10.9. The van der Waals surface area contributed by atoms with Crippen LogP contribution >= 0.6 is 23.2 Å². The molecule has 0 aliphatic heterocycles. The molecule has 0 spiro atoms. The number of carbonyl (C=O) groups is 1. The summed E-state index contributed by atoms with van der Waals surface area (Å²) in [6.45, 7) is 2.52. The lowest BCUT2D eigenvalue weighted by Gasteiger charge is -2.22. The Morgan fingerprint density at radius 1 is 1.53 bits per heavy atom. The number of aromatic nitrogens is 1. The van der Waals surface area contributed by atoms with Crippen LogP contribution in [0.15, 0.2) is 6.07 Å². The Morgan fingerprint density at radius 3 is 2.65 bits per heavy atom. The fourth-order valence-electron chi connectivity index (χ4n) is 1.38. The molecule has 0 unspecified atom stereocenters. The molecular formula is C10H14Cl2N4O. The fourth-order valence-corrected chi connectivity index (χ4v) is 1.95. The zero-order valence-corrected chi connectivity index (χ0v) is 11.1. The third-order valence-corrected chi connectivity index (χ3v) is 2.74. The first-order valence-corrected chi connectivity index (χ1v) is 5.82. The molecule has 0 aromatic carbocycles. The summed E-state index contributed by atoms with van der Waals surface area (Å²) < 4.78 is 0. The molecule has 1 heterocycles. The van der Waals surface area contributed by atoms with Crippen LogP contribution in [-0.4, -0.2) is 31.0 Å². The number of rotatable bonds is 5. The Kier molecular flexibility index (Phi) is 4.84. The van der Waals surface area contributed by atoms with E-state index in [1.54, 1.807) is 18.0 Å². The Balaban J connectivity index is 3.14. The van der Waals surface area contributed by atoms with Gasteiger partial charge in [-0.15, -0.1) is 0 Å². The number of carbonyl (C=O) groups excluding carboxylic acids is 1. The van der Waals surface area contributed by atoms with Crippen LogP contribution in [-0.2, 0) is 4.79 Å². The van der Waals surface area contributed by atoms with Crippen LogP contribution in [0.1, 0.15) is 6.92 Å². The predicted molar refractivity (Wildman–Crippen MR) is 70.9 cm³/mol. The number of amides is 1. The highest BCUT2D eigenvalue weighted by molar-refractivity contribution is 6.37. The number of pyridine rings is 1. The van der Waals surface area contributed by atoms with Gasteiger partial charge in [0.05, 0.1) is 16.6 Å². The van der Waals surface area contributed by atoms with Crippen LogP contribution in [0.5, 0.6) is 0 Å². The SMILES string of the molecule is CCN(CC(N)=O)c1nc(NC)c(Cl)cc1Cl. The van der Waals surface area contributed by atoms with E-state index in [9.17, 15) is 4.79 Å². The van der Waals surface area contributed by atoms with Gasteiger partial charge in [0.1, 0.15) is 11.6 Å². The van der Waals surface area contributed by atoms with Crippen molar-refractivity contribution >= 4 is 40.7 Å². The number of hydrogen-bond acceptors (Lipinski definition) is 4. The zero-order valence-electron chi connectivity index (χ0n) is 9.63. The molecule has 0 bridgehead atoms. The Morgan fingerprint density at radius 2 is 2.18 bits per heavy atom. The molecule has 0 fully saturated rings. The molecule has 1 aromatic heterocycles. The quantitative estimate of drug-likeness (QED) is 0.860. The molecule has 7 heteroatoms. The monoisotopic (exact) mass is 276 g/mol. The summed E-state index contributed by atoms with van der Waals surface area (Å²) >= 11 is 12.0. The van der Waals surface area contributed by atoms with Crippen molar-refractivity contribution in [3.05, 3.63) is 16.1 Å². The smallest absolute Gasteiger partial charge is 0.236 e. The van der Waals surface area contributed by atoms with Gasteiger partial charge in [0.2, 0.25) is 5.91 Å². The second-order valence-corrected chi connectivity index (χ2v) is 4.17. The van der Waals surface area contributed by atoms with Gasteiger partial charge in [0.25, 0.3) is 0 Å². The van der Waals surface area contributed by atoms with E-state index in [0.29, 0.717) is 28.2 Å². The number of nitrogens with zero attached hydrogens (tertiary/aromatic N) is 2. The Bertz CT molecular complexity index is 425. The molecule has 0 aliphatic carbocycles. The zero-order chi connectivity index (χ0) is 13.0. The summed E-state index contributed by atoms with van der Waals surface area (Å²) in [6, 6.07) is 1.58. The first kappa shape index (κ1) is 13.9. The lowest BCUT2D eigenvalue weighted by molar-refractivity contribution is -0.116. The lowest BCUT2D eigenvalue weighted by atomic mass is 10.3. The van der Waals surface area contributed by atoms with Crippen molar-refractivity contribution in [3.8, 4) is 0 Å². The van der Waals surface area contributed by atoms with E-state index in [1.165, 1.54) is 0 Å². The van der Waals surface area contributed by atoms with Crippen molar-refractivity contribution in [1.82, 2.24) is 4.98 Å². The maximum atomic E-state index is 10.9. The van der Waals surface area contributed by atoms with E-state index < -0.39 is 5.91 Å². The number of halogens is 2. The minimum atomic E-state index is -0.439. The van der Waals surface area contributed by atoms with Gasteiger partial charge in [-0.3, -0.25) is 4.79 Å². The topological polar surface area (TPSA) is 71.2 Å². The summed E-state index contributed by atoms with van der Waals surface area (Å²) in [5, 5.41) is 3.66. The lowest BCUT2D eigenvalue weighted by Crippen LogP contribution is -2.34. The average molecular weight is 277 g/mol. The van der Waals surface area contributed by atoms with Gasteiger partial charge in [-0.05, 0) is 13.0 Å². The average Bonchev–Trinajstić information content (AvgIpc) is 2.26. The van der Waals surface area contributed by atoms with Crippen LogP contribution in [0.4, 0.5) is 11.6 Å². The molecular weight excluding hydrogens is 263 g/mol. The van der Waals surface area contributed by atoms with E-state index in [4.69, 9.17) is 28.9 Å². The predicted octanol–water partition coefficient (Wildman–Crippen LogP) is 1.74. The highest BCUT2D eigenvalue weighted by Crippen LogP contribution is 2.31. The second kappa shape index (κ2) is 5.93. The number of likely N-dealkylation sites (N-methyl/N-ethyl adjacent to an activating group) is 1. The van der Waals surface area contributed by atoms with Crippen molar-refractivity contribution in [1.29, 1.82) is 0 Å². The van der Waals surface area contributed by atoms with Crippen molar-refractivity contribution in [3.63, 3.8) is 0 Å². The highest BCUT2D eigenvalue weighted by Gasteiger charge is 2.15. The molecule has 0 radical (unpaired) electrons.